The summed E-state index contributed by atoms with van der Waals surface area (Å²) in [6.45, 7) is 4.36. The number of hydrogen-bond acceptors (Lipinski definition) is 5. The number of carbonyl (C=O) groups is 1. The molecule has 0 bridgehead atoms. The zero-order valence-electron chi connectivity index (χ0n) is 12.1. The topological polar surface area (TPSA) is 66.9 Å². The summed E-state index contributed by atoms with van der Waals surface area (Å²) in [6, 6.07) is 7.75. The number of carbonyl (C=O) groups excluding carboxylic acids is 1. The third-order valence-corrected chi connectivity index (χ3v) is 3.67. The van der Waals surface area contributed by atoms with Crippen LogP contribution >= 0.6 is 11.8 Å². The van der Waals surface area contributed by atoms with E-state index in [0.29, 0.717) is 0 Å². The van der Waals surface area contributed by atoms with Gasteiger partial charge in [-0.05, 0) is 31.2 Å². The summed E-state index contributed by atoms with van der Waals surface area (Å²) in [5.41, 5.74) is 1.74. The molecule has 0 unspecified atom stereocenters. The van der Waals surface area contributed by atoms with Crippen LogP contribution in [0, 0.1) is 0 Å². The molecule has 0 radical (unpaired) electrons. The van der Waals surface area contributed by atoms with Crippen molar-refractivity contribution in [2.24, 2.45) is 0 Å². The summed E-state index contributed by atoms with van der Waals surface area (Å²) < 4.78 is 0. The molecule has 2 rings (SSSR count). The average molecular weight is 302 g/mol. The first kappa shape index (κ1) is 15.3. The fourth-order valence-electron chi connectivity index (χ4n) is 1.70. The molecule has 2 aromatic rings. The van der Waals surface area contributed by atoms with Gasteiger partial charge in [-0.25, -0.2) is 4.98 Å². The Morgan fingerprint density at radius 1 is 1.19 bits per heavy atom. The first-order valence-corrected chi connectivity index (χ1v) is 7.71. The van der Waals surface area contributed by atoms with E-state index in [9.17, 15) is 4.79 Å². The fraction of sp³-hybridized carbons (Fsp3) is 0.267. The van der Waals surface area contributed by atoms with Crippen LogP contribution in [-0.2, 0) is 10.5 Å². The van der Waals surface area contributed by atoms with E-state index in [-0.39, 0.29) is 5.91 Å². The second-order valence-corrected chi connectivity index (χ2v) is 5.47. The Labute approximate surface area is 128 Å². The van der Waals surface area contributed by atoms with E-state index in [1.807, 2.05) is 31.2 Å². The van der Waals surface area contributed by atoms with Crippen molar-refractivity contribution in [3.63, 3.8) is 0 Å². The number of rotatable bonds is 6. The number of nitrogens with zero attached hydrogens (tertiary/aromatic N) is 2. The van der Waals surface area contributed by atoms with Gasteiger partial charge in [0.1, 0.15) is 5.82 Å². The van der Waals surface area contributed by atoms with Gasteiger partial charge in [0.15, 0.2) is 0 Å². The van der Waals surface area contributed by atoms with Crippen LogP contribution in [0.4, 0.5) is 11.5 Å². The van der Waals surface area contributed by atoms with Crippen LogP contribution in [0.2, 0.25) is 0 Å². The molecule has 0 saturated heterocycles. The van der Waals surface area contributed by atoms with E-state index in [4.69, 9.17) is 0 Å². The Morgan fingerprint density at radius 2 is 1.95 bits per heavy atom. The maximum Gasteiger partial charge on any atom is 0.221 e. The van der Waals surface area contributed by atoms with Crippen molar-refractivity contribution < 1.29 is 4.79 Å². The summed E-state index contributed by atoms with van der Waals surface area (Å²) in [5.74, 6) is 1.50. The van der Waals surface area contributed by atoms with Crippen LogP contribution in [0.1, 0.15) is 19.5 Å². The fourth-order valence-corrected chi connectivity index (χ4v) is 2.49. The molecule has 6 heteroatoms. The molecule has 1 amide bonds. The monoisotopic (exact) mass is 302 g/mol. The Balaban J connectivity index is 1.88. The van der Waals surface area contributed by atoms with Crippen molar-refractivity contribution in [3.8, 4) is 0 Å². The lowest BCUT2D eigenvalue weighted by atomic mass is 10.3. The second kappa shape index (κ2) is 7.64. The summed E-state index contributed by atoms with van der Waals surface area (Å²) in [7, 11) is 0. The lowest BCUT2D eigenvalue weighted by molar-refractivity contribution is -0.114. The molecule has 0 fully saturated rings. The van der Waals surface area contributed by atoms with Gasteiger partial charge < -0.3 is 10.6 Å². The summed E-state index contributed by atoms with van der Waals surface area (Å²) in [5, 5.41) is 5.86. The minimum atomic E-state index is -0.0635. The number of anilines is 2. The molecular formula is C15H18N4OS. The van der Waals surface area contributed by atoms with E-state index in [2.05, 4.69) is 20.6 Å². The van der Waals surface area contributed by atoms with Gasteiger partial charge in [0.2, 0.25) is 5.91 Å². The van der Waals surface area contributed by atoms with Crippen molar-refractivity contribution in [1.29, 1.82) is 0 Å². The van der Waals surface area contributed by atoms with Gasteiger partial charge in [-0.15, -0.1) is 11.8 Å². The smallest absolute Gasteiger partial charge is 0.221 e. The van der Waals surface area contributed by atoms with E-state index in [1.54, 1.807) is 24.2 Å². The minimum absolute atomic E-state index is 0.0635. The number of thioether (sulfide) groups is 1. The lowest BCUT2D eigenvalue weighted by Crippen LogP contribution is -2.05. The maximum absolute atomic E-state index is 10.9. The predicted molar refractivity (Wildman–Crippen MR) is 86.5 cm³/mol. The minimum Gasteiger partial charge on any atom is -0.369 e. The molecule has 2 N–H and O–H groups in total. The third-order valence-electron chi connectivity index (χ3n) is 2.62. The molecule has 1 aromatic carbocycles. The van der Waals surface area contributed by atoms with Crippen molar-refractivity contribution in [1.82, 2.24) is 9.97 Å². The van der Waals surface area contributed by atoms with Crippen LogP contribution in [0.25, 0.3) is 0 Å². The highest BCUT2D eigenvalue weighted by Gasteiger charge is 2.00. The van der Waals surface area contributed by atoms with Gasteiger partial charge in [-0.3, -0.25) is 9.78 Å². The maximum atomic E-state index is 10.9. The molecular weight excluding hydrogens is 284 g/mol. The first-order chi connectivity index (χ1) is 10.2. The number of benzene rings is 1. The summed E-state index contributed by atoms with van der Waals surface area (Å²) >= 11 is 1.68. The lowest BCUT2D eigenvalue weighted by Gasteiger charge is -2.05. The molecule has 0 spiro atoms. The van der Waals surface area contributed by atoms with E-state index in [1.165, 1.54) is 6.92 Å². The van der Waals surface area contributed by atoms with Crippen molar-refractivity contribution in [2.75, 3.05) is 17.2 Å². The van der Waals surface area contributed by atoms with E-state index < -0.39 is 0 Å². The SMILES string of the molecule is CCNc1cnc(CSc2ccc(NC(C)=O)cc2)cn1. The summed E-state index contributed by atoms with van der Waals surface area (Å²) in [4.78, 5) is 20.7. The van der Waals surface area contributed by atoms with E-state index in [0.717, 1.165) is 34.4 Å². The van der Waals surface area contributed by atoms with Crippen LogP contribution < -0.4 is 10.6 Å². The van der Waals surface area contributed by atoms with Crippen molar-refractivity contribution >= 4 is 29.2 Å². The van der Waals surface area contributed by atoms with Crippen molar-refractivity contribution in [2.45, 2.75) is 24.5 Å². The molecule has 0 aliphatic carbocycles. The van der Waals surface area contributed by atoms with E-state index >= 15 is 0 Å². The van der Waals surface area contributed by atoms with Gasteiger partial charge in [-0.1, -0.05) is 0 Å². The van der Waals surface area contributed by atoms with Crippen LogP contribution in [0.15, 0.2) is 41.6 Å². The Kier molecular flexibility index (Phi) is 5.57. The molecule has 21 heavy (non-hydrogen) atoms. The third kappa shape index (κ3) is 5.07. The number of nitrogens with one attached hydrogen (secondary N) is 2. The molecule has 0 aliphatic heterocycles. The normalized spacial score (nSPS) is 10.2. The molecule has 110 valence electrons. The second-order valence-electron chi connectivity index (χ2n) is 4.42. The molecule has 1 heterocycles. The predicted octanol–water partition coefficient (Wildman–Crippen LogP) is 3.16. The van der Waals surface area contributed by atoms with Gasteiger partial charge >= 0.3 is 0 Å². The van der Waals surface area contributed by atoms with Gasteiger partial charge in [0, 0.05) is 29.8 Å². The zero-order chi connectivity index (χ0) is 15.1. The molecule has 5 nitrogen and oxygen atoms in total. The number of aromatic nitrogens is 2. The first-order valence-electron chi connectivity index (χ1n) is 6.72. The molecule has 0 saturated carbocycles. The van der Waals surface area contributed by atoms with Gasteiger partial charge in [0.05, 0.1) is 18.1 Å². The summed E-state index contributed by atoms with van der Waals surface area (Å²) in [6.07, 6.45) is 3.54. The van der Waals surface area contributed by atoms with Crippen molar-refractivity contribution in [3.05, 3.63) is 42.4 Å². The Bertz CT molecular complexity index is 584. The standard InChI is InChI=1S/C15H18N4OS/c1-3-16-15-9-17-13(8-18-15)10-21-14-6-4-12(5-7-14)19-11(2)20/h4-9H,3,10H2,1-2H3,(H,16,18)(H,19,20). The van der Waals surface area contributed by atoms with Crippen LogP contribution in [0.5, 0.6) is 0 Å². The quantitative estimate of drug-likeness (QED) is 0.802. The van der Waals surface area contributed by atoms with Gasteiger partial charge in [-0.2, -0.15) is 0 Å². The highest BCUT2D eigenvalue weighted by atomic mass is 32.2. The highest BCUT2D eigenvalue weighted by Crippen LogP contribution is 2.23. The largest absolute Gasteiger partial charge is 0.369 e. The zero-order valence-corrected chi connectivity index (χ0v) is 12.9. The van der Waals surface area contributed by atoms with Crippen LogP contribution in [0.3, 0.4) is 0 Å². The Hall–Kier alpha value is -2.08. The van der Waals surface area contributed by atoms with Gasteiger partial charge in [0.25, 0.3) is 0 Å². The molecule has 0 aliphatic rings. The van der Waals surface area contributed by atoms with Crippen LogP contribution in [-0.4, -0.2) is 22.4 Å². The average Bonchev–Trinajstić information content (AvgIpc) is 2.48. The molecule has 0 atom stereocenters. The highest BCUT2D eigenvalue weighted by molar-refractivity contribution is 7.98. The molecule has 1 aromatic heterocycles. The Morgan fingerprint density at radius 3 is 2.52 bits per heavy atom. The number of amides is 1. The number of hydrogen-bond donors (Lipinski definition) is 2.